The largest absolute Gasteiger partial charge is 0.369 e. The van der Waals surface area contributed by atoms with E-state index in [0.717, 1.165) is 47.6 Å². The van der Waals surface area contributed by atoms with Gasteiger partial charge in [0.25, 0.3) is 5.91 Å². The number of benzene rings is 3. The molecule has 0 aliphatic carbocycles. The molecule has 0 radical (unpaired) electrons. The minimum absolute atomic E-state index is 0.139. The molecule has 0 atom stereocenters. The first-order valence-electron chi connectivity index (χ1n) is 9.97. The first-order valence-corrected chi connectivity index (χ1v) is 10.8. The van der Waals surface area contributed by atoms with Crippen LogP contribution in [0.15, 0.2) is 77.3 Å². The van der Waals surface area contributed by atoms with Crippen LogP contribution < -0.4 is 10.2 Å². The molecular formula is C24H23BrFN3O. The number of carbonyl (C=O) groups is 1. The van der Waals surface area contributed by atoms with Crippen molar-refractivity contribution in [1.29, 1.82) is 0 Å². The molecular weight excluding hydrogens is 445 g/mol. The fraction of sp³-hybridized carbons (Fsp3) is 0.208. The van der Waals surface area contributed by atoms with Crippen LogP contribution in [0.4, 0.5) is 15.8 Å². The van der Waals surface area contributed by atoms with E-state index in [4.69, 9.17) is 0 Å². The van der Waals surface area contributed by atoms with Crippen LogP contribution in [0.3, 0.4) is 0 Å². The highest BCUT2D eigenvalue weighted by Gasteiger charge is 2.18. The van der Waals surface area contributed by atoms with Gasteiger partial charge < -0.3 is 10.2 Å². The summed E-state index contributed by atoms with van der Waals surface area (Å²) in [7, 11) is 0. The van der Waals surface area contributed by atoms with E-state index in [2.05, 4.69) is 31.0 Å². The Bertz CT molecular complexity index is 1020. The highest BCUT2D eigenvalue weighted by molar-refractivity contribution is 9.10. The van der Waals surface area contributed by atoms with Crippen LogP contribution in [0.2, 0.25) is 0 Å². The molecule has 1 heterocycles. The summed E-state index contributed by atoms with van der Waals surface area (Å²) in [6, 6.07) is 22.2. The first kappa shape index (κ1) is 20.6. The Balaban J connectivity index is 1.32. The third-order valence-electron chi connectivity index (χ3n) is 5.33. The van der Waals surface area contributed by atoms with Gasteiger partial charge in [0.05, 0.1) is 5.56 Å². The molecule has 1 amide bonds. The number of nitrogens with one attached hydrogen (secondary N) is 1. The standard InChI is InChI=1S/C24H23BrFN3O/c25-22-7-3-2-6-21(22)24(30)27-19-9-11-20(12-10-19)29-15-13-28(14-16-29)17-18-5-1-4-8-23(18)26/h1-12H,13-17H2,(H,27,30). The van der Waals surface area contributed by atoms with Crippen molar-refractivity contribution in [3.05, 3.63) is 94.2 Å². The van der Waals surface area contributed by atoms with Crippen molar-refractivity contribution in [1.82, 2.24) is 4.90 Å². The van der Waals surface area contributed by atoms with Crippen LogP contribution in [-0.4, -0.2) is 37.0 Å². The molecule has 3 aromatic carbocycles. The van der Waals surface area contributed by atoms with Gasteiger partial charge in [0.2, 0.25) is 0 Å². The average molecular weight is 468 g/mol. The summed E-state index contributed by atoms with van der Waals surface area (Å²) in [6.07, 6.45) is 0. The molecule has 4 rings (SSSR count). The summed E-state index contributed by atoms with van der Waals surface area (Å²) in [6.45, 7) is 4.18. The van der Waals surface area contributed by atoms with Gasteiger partial charge in [-0.2, -0.15) is 0 Å². The Morgan fingerprint density at radius 2 is 1.57 bits per heavy atom. The molecule has 0 unspecified atom stereocenters. The van der Waals surface area contributed by atoms with Gasteiger partial charge in [0.15, 0.2) is 0 Å². The predicted molar refractivity (Wildman–Crippen MR) is 122 cm³/mol. The maximum atomic E-state index is 13.9. The topological polar surface area (TPSA) is 35.6 Å². The second-order valence-corrected chi connectivity index (χ2v) is 8.19. The van der Waals surface area contributed by atoms with Gasteiger partial charge in [-0.05, 0) is 58.4 Å². The molecule has 1 aliphatic rings. The van der Waals surface area contributed by atoms with Crippen LogP contribution in [0.1, 0.15) is 15.9 Å². The molecule has 30 heavy (non-hydrogen) atoms. The third-order valence-corrected chi connectivity index (χ3v) is 6.02. The fourth-order valence-corrected chi connectivity index (χ4v) is 4.10. The lowest BCUT2D eigenvalue weighted by molar-refractivity contribution is 0.102. The van der Waals surface area contributed by atoms with Gasteiger partial charge in [-0.1, -0.05) is 30.3 Å². The van der Waals surface area contributed by atoms with E-state index in [1.807, 2.05) is 54.6 Å². The predicted octanol–water partition coefficient (Wildman–Crippen LogP) is 5.16. The van der Waals surface area contributed by atoms with Gasteiger partial charge in [0, 0.05) is 54.1 Å². The Morgan fingerprint density at radius 1 is 0.900 bits per heavy atom. The number of rotatable bonds is 5. The normalized spacial score (nSPS) is 14.5. The Hall–Kier alpha value is -2.70. The highest BCUT2D eigenvalue weighted by Crippen LogP contribution is 2.22. The zero-order chi connectivity index (χ0) is 20.9. The van der Waals surface area contributed by atoms with Crippen LogP contribution >= 0.6 is 15.9 Å². The van der Waals surface area contributed by atoms with E-state index in [1.54, 1.807) is 12.1 Å². The summed E-state index contributed by atoms with van der Waals surface area (Å²) in [5, 5.41) is 2.94. The fourth-order valence-electron chi connectivity index (χ4n) is 3.63. The van der Waals surface area contributed by atoms with Crippen molar-refractivity contribution in [2.45, 2.75) is 6.54 Å². The third kappa shape index (κ3) is 4.89. The molecule has 1 aliphatic heterocycles. The Morgan fingerprint density at radius 3 is 2.27 bits per heavy atom. The van der Waals surface area contributed by atoms with Crippen LogP contribution in [0.5, 0.6) is 0 Å². The molecule has 6 heteroatoms. The van der Waals surface area contributed by atoms with E-state index in [0.29, 0.717) is 12.1 Å². The second-order valence-electron chi connectivity index (χ2n) is 7.34. The van der Waals surface area contributed by atoms with E-state index >= 15 is 0 Å². The number of hydrogen-bond donors (Lipinski definition) is 1. The number of piperazine rings is 1. The Labute approximate surface area is 184 Å². The quantitative estimate of drug-likeness (QED) is 0.562. The minimum atomic E-state index is -0.142. The second kappa shape index (κ2) is 9.41. The molecule has 1 saturated heterocycles. The SMILES string of the molecule is O=C(Nc1ccc(N2CCN(Cc3ccccc3F)CC2)cc1)c1ccccc1Br. The van der Waals surface area contributed by atoms with Gasteiger partial charge in [-0.25, -0.2) is 4.39 Å². The van der Waals surface area contributed by atoms with Crippen LogP contribution in [0, 0.1) is 5.82 Å². The van der Waals surface area contributed by atoms with Crippen molar-refractivity contribution in [2.24, 2.45) is 0 Å². The average Bonchev–Trinajstić information content (AvgIpc) is 2.77. The van der Waals surface area contributed by atoms with Crippen molar-refractivity contribution < 1.29 is 9.18 Å². The molecule has 1 N–H and O–H groups in total. The van der Waals surface area contributed by atoms with E-state index in [-0.39, 0.29) is 11.7 Å². The summed E-state index contributed by atoms with van der Waals surface area (Å²) < 4.78 is 14.6. The molecule has 0 spiro atoms. The van der Waals surface area contributed by atoms with E-state index < -0.39 is 0 Å². The zero-order valence-corrected chi connectivity index (χ0v) is 18.1. The molecule has 3 aromatic rings. The lowest BCUT2D eigenvalue weighted by atomic mass is 10.1. The number of hydrogen-bond acceptors (Lipinski definition) is 3. The zero-order valence-electron chi connectivity index (χ0n) is 16.5. The van der Waals surface area contributed by atoms with E-state index in [1.165, 1.54) is 6.07 Å². The molecule has 4 nitrogen and oxygen atoms in total. The van der Waals surface area contributed by atoms with Gasteiger partial charge in [-0.3, -0.25) is 9.69 Å². The lowest BCUT2D eigenvalue weighted by Gasteiger charge is -2.36. The summed E-state index contributed by atoms with van der Waals surface area (Å²) in [5.41, 5.74) is 3.24. The van der Waals surface area contributed by atoms with Gasteiger partial charge >= 0.3 is 0 Å². The van der Waals surface area contributed by atoms with Crippen molar-refractivity contribution in [3.63, 3.8) is 0 Å². The number of nitrogens with zero attached hydrogens (tertiary/aromatic N) is 2. The highest BCUT2D eigenvalue weighted by atomic mass is 79.9. The number of halogens is 2. The maximum absolute atomic E-state index is 13.9. The summed E-state index contributed by atoms with van der Waals surface area (Å²) in [4.78, 5) is 17.0. The van der Waals surface area contributed by atoms with Crippen molar-refractivity contribution >= 4 is 33.2 Å². The van der Waals surface area contributed by atoms with Crippen LogP contribution in [0.25, 0.3) is 0 Å². The first-order chi connectivity index (χ1) is 14.6. The van der Waals surface area contributed by atoms with Gasteiger partial charge in [-0.15, -0.1) is 0 Å². The van der Waals surface area contributed by atoms with Crippen molar-refractivity contribution in [2.75, 3.05) is 36.4 Å². The molecule has 0 bridgehead atoms. The minimum Gasteiger partial charge on any atom is -0.369 e. The molecule has 0 saturated carbocycles. The lowest BCUT2D eigenvalue weighted by Crippen LogP contribution is -2.46. The molecule has 154 valence electrons. The smallest absolute Gasteiger partial charge is 0.256 e. The van der Waals surface area contributed by atoms with Crippen molar-refractivity contribution in [3.8, 4) is 0 Å². The van der Waals surface area contributed by atoms with E-state index in [9.17, 15) is 9.18 Å². The number of anilines is 2. The number of amides is 1. The van der Waals surface area contributed by atoms with Gasteiger partial charge in [0.1, 0.15) is 5.82 Å². The number of carbonyl (C=O) groups excluding carboxylic acids is 1. The maximum Gasteiger partial charge on any atom is 0.256 e. The summed E-state index contributed by atoms with van der Waals surface area (Å²) >= 11 is 3.41. The monoisotopic (exact) mass is 467 g/mol. The molecule has 1 fully saturated rings. The summed E-state index contributed by atoms with van der Waals surface area (Å²) in [5.74, 6) is -0.280. The molecule has 0 aromatic heterocycles. The Kier molecular flexibility index (Phi) is 6.45. The van der Waals surface area contributed by atoms with Crippen LogP contribution in [-0.2, 0) is 6.54 Å².